The van der Waals surface area contributed by atoms with Gasteiger partial charge >= 0.3 is 0 Å². The second-order valence-electron chi connectivity index (χ2n) is 5.88. The molecule has 2 heterocycles. The van der Waals surface area contributed by atoms with Gasteiger partial charge in [0.1, 0.15) is 10.7 Å². The van der Waals surface area contributed by atoms with E-state index in [-0.39, 0.29) is 32.9 Å². The van der Waals surface area contributed by atoms with Crippen molar-refractivity contribution in [2.45, 2.75) is 4.90 Å². The summed E-state index contributed by atoms with van der Waals surface area (Å²) in [4.78, 5) is 36.0. The molecule has 2 amide bonds. The Morgan fingerprint density at radius 1 is 0.963 bits per heavy atom. The molecule has 0 fully saturated rings. The Kier molecular flexibility index (Phi) is 3.45. The number of hydrogen-bond acceptors (Lipinski definition) is 6. The number of nitrogens with two attached hydrogens (primary N) is 1. The van der Waals surface area contributed by atoms with E-state index in [0.29, 0.717) is 5.39 Å². The van der Waals surface area contributed by atoms with Gasteiger partial charge in [-0.3, -0.25) is 28.8 Å². The molecule has 0 radical (unpaired) electrons. The number of nitrogens with one attached hydrogen (secondary N) is 1. The molecular formula is C17H11N3O6S. The second kappa shape index (κ2) is 5.50. The highest BCUT2D eigenvalue weighted by Gasteiger charge is 2.32. The van der Waals surface area contributed by atoms with Crippen LogP contribution in [0.3, 0.4) is 0 Å². The molecule has 0 spiro atoms. The monoisotopic (exact) mass is 385 g/mol. The number of nitrogen functional groups attached to an aromatic ring is 1. The summed E-state index contributed by atoms with van der Waals surface area (Å²) in [6, 6.07) is 9.63. The SMILES string of the molecule is Nc1c2c(cc(=O)n1-c1ccc(S(=O)(=O)O)c3ccccc13)C(=O)NC2=O. The molecular weight excluding hydrogens is 374 g/mol. The predicted octanol–water partition coefficient (Wildman–Crippen LogP) is 0.703. The number of nitrogens with zero attached hydrogens (tertiary/aromatic N) is 1. The van der Waals surface area contributed by atoms with Crippen molar-refractivity contribution in [3.05, 3.63) is 63.9 Å². The van der Waals surface area contributed by atoms with Gasteiger partial charge in [0.25, 0.3) is 27.5 Å². The Morgan fingerprint density at radius 3 is 2.30 bits per heavy atom. The molecule has 0 bridgehead atoms. The van der Waals surface area contributed by atoms with E-state index in [1.54, 1.807) is 18.2 Å². The average Bonchev–Trinajstić information content (AvgIpc) is 2.87. The standard InChI is InChI=1S/C17H11N3O6S/c18-15-14-10(16(22)19-17(14)23)7-13(21)20(15)11-5-6-12(27(24,25)26)9-4-2-1-3-8(9)11/h1-7H,18H2,(H,19,22,23)(H,24,25,26). The third kappa shape index (κ3) is 2.42. The first-order valence-electron chi connectivity index (χ1n) is 7.61. The van der Waals surface area contributed by atoms with Crippen LogP contribution in [0.5, 0.6) is 0 Å². The minimum Gasteiger partial charge on any atom is -0.384 e. The van der Waals surface area contributed by atoms with Crippen LogP contribution in [0, 0.1) is 0 Å². The molecule has 136 valence electrons. The zero-order valence-electron chi connectivity index (χ0n) is 13.5. The number of carbonyl (C=O) groups excluding carboxylic acids is 2. The summed E-state index contributed by atoms with van der Waals surface area (Å²) in [5.41, 5.74) is 5.32. The summed E-state index contributed by atoms with van der Waals surface area (Å²) >= 11 is 0. The molecule has 4 N–H and O–H groups in total. The van der Waals surface area contributed by atoms with Crippen molar-refractivity contribution in [3.8, 4) is 5.69 Å². The Morgan fingerprint density at radius 2 is 1.63 bits per heavy atom. The maximum Gasteiger partial charge on any atom is 0.295 e. The van der Waals surface area contributed by atoms with Crippen molar-refractivity contribution in [2.75, 3.05) is 5.73 Å². The van der Waals surface area contributed by atoms with E-state index in [9.17, 15) is 27.4 Å². The molecule has 1 aromatic heterocycles. The van der Waals surface area contributed by atoms with Crippen molar-refractivity contribution < 1.29 is 22.6 Å². The minimum absolute atomic E-state index is 0.113. The summed E-state index contributed by atoms with van der Waals surface area (Å²) in [6.45, 7) is 0. The number of imide groups is 1. The van der Waals surface area contributed by atoms with Gasteiger partial charge in [0.2, 0.25) is 0 Å². The number of aromatic nitrogens is 1. The largest absolute Gasteiger partial charge is 0.384 e. The summed E-state index contributed by atoms with van der Waals surface area (Å²) in [6.07, 6.45) is 0. The normalized spacial score (nSPS) is 13.7. The lowest BCUT2D eigenvalue weighted by atomic mass is 10.1. The molecule has 10 heteroatoms. The van der Waals surface area contributed by atoms with Gasteiger partial charge in [-0.05, 0) is 12.1 Å². The highest BCUT2D eigenvalue weighted by molar-refractivity contribution is 7.86. The molecule has 1 aliphatic rings. The molecule has 3 aromatic rings. The van der Waals surface area contributed by atoms with Crippen LogP contribution in [0.4, 0.5) is 5.82 Å². The lowest BCUT2D eigenvalue weighted by molar-refractivity contribution is 0.0880. The van der Waals surface area contributed by atoms with Crippen LogP contribution in [0.25, 0.3) is 16.5 Å². The van der Waals surface area contributed by atoms with Crippen LogP contribution in [0.1, 0.15) is 20.7 Å². The van der Waals surface area contributed by atoms with Crippen LogP contribution in [0.2, 0.25) is 0 Å². The molecule has 0 atom stereocenters. The van der Waals surface area contributed by atoms with Gasteiger partial charge in [0, 0.05) is 16.8 Å². The zero-order chi connectivity index (χ0) is 19.5. The molecule has 2 aromatic carbocycles. The molecule has 0 aliphatic carbocycles. The molecule has 9 nitrogen and oxygen atoms in total. The van der Waals surface area contributed by atoms with E-state index in [2.05, 4.69) is 5.32 Å². The van der Waals surface area contributed by atoms with Gasteiger partial charge in [-0.15, -0.1) is 0 Å². The number of benzene rings is 2. The molecule has 0 saturated carbocycles. The minimum atomic E-state index is -4.50. The topological polar surface area (TPSA) is 149 Å². The summed E-state index contributed by atoms with van der Waals surface area (Å²) in [5.74, 6) is -1.68. The number of anilines is 1. The van der Waals surface area contributed by atoms with E-state index in [0.717, 1.165) is 16.7 Å². The first-order chi connectivity index (χ1) is 12.7. The quantitative estimate of drug-likeness (QED) is 0.434. The Bertz CT molecular complexity index is 1340. The zero-order valence-corrected chi connectivity index (χ0v) is 14.3. The number of pyridine rings is 1. The van der Waals surface area contributed by atoms with E-state index in [1.807, 2.05) is 0 Å². The summed E-state index contributed by atoms with van der Waals surface area (Å²) in [5, 5.41) is 2.56. The number of amides is 2. The van der Waals surface area contributed by atoms with E-state index >= 15 is 0 Å². The summed E-state index contributed by atoms with van der Waals surface area (Å²) in [7, 11) is -4.50. The van der Waals surface area contributed by atoms with E-state index in [1.165, 1.54) is 12.1 Å². The number of hydrogen-bond donors (Lipinski definition) is 3. The molecule has 1 aliphatic heterocycles. The molecule has 0 saturated heterocycles. The fourth-order valence-electron chi connectivity index (χ4n) is 3.20. The predicted molar refractivity (Wildman–Crippen MR) is 95.6 cm³/mol. The van der Waals surface area contributed by atoms with Crippen molar-refractivity contribution in [2.24, 2.45) is 0 Å². The van der Waals surface area contributed by atoms with Crippen molar-refractivity contribution in [1.82, 2.24) is 9.88 Å². The number of fused-ring (bicyclic) bond motifs is 2. The smallest absolute Gasteiger partial charge is 0.295 e. The van der Waals surface area contributed by atoms with Crippen LogP contribution < -0.4 is 16.6 Å². The van der Waals surface area contributed by atoms with Gasteiger partial charge in [0.15, 0.2) is 0 Å². The maximum atomic E-state index is 12.6. The Labute approximate surface area is 151 Å². The van der Waals surface area contributed by atoms with Crippen molar-refractivity contribution >= 4 is 38.5 Å². The van der Waals surface area contributed by atoms with E-state index in [4.69, 9.17) is 5.73 Å². The van der Waals surface area contributed by atoms with Gasteiger partial charge in [-0.1, -0.05) is 24.3 Å². The van der Waals surface area contributed by atoms with Crippen LogP contribution >= 0.6 is 0 Å². The summed E-state index contributed by atoms with van der Waals surface area (Å²) < 4.78 is 33.7. The second-order valence-corrected chi connectivity index (χ2v) is 7.27. The van der Waals surface area contributed by atoms with Crippen molar-refractivity contribution in [3.63, 3.8) is 0 Å². The first kappa shape index (κ1) is 16.9. The van der Waals surface area contributed by atoms with Crippen LogP contribution in [-0.4, -0.2) is 29.4 Å². The molecule has 4 rings (SSSR count). The first-order valence-corrected chi connectivity index (χ1v) is 9.05. The molecule has 27 heavy (non-hydrogen) atoms. The highest BCUT2D eigenvalue weighted by atomic mass is 32.2. The van der Waals surface area contributed by atoms with Crippen LogP contribution in [0.15, 0.2) is 52.2 Å². The third-order valence-electron chi connectivity index (χ3n) is 4.33. The lowest BCUT2D eigenvalue weighted by Crippen LogP contribution is -2.24. The van der Waals surface area contributed by atoms with Gasteiger partial charge in [-0.25, -0.2) is 0 Å². The van der Waals surface area contributed by atoms with Gasteiger partial charge in [-0.2, -0.15) is 8.42 Å². The Balaban J connectivity index is 2.12. The average molecular weight is 385 g/mol. The Hall–Kier alpha value is -3.50. The van der Waals surface area contributed by atoms with Gasteiger partial charge in [0.05, 0.1) is 16.8 Å². The molecule has 0 unspecified atom stereocenters. The number of carbonyl (C=O) groups is 2. The fraction of sp³-hybridized carbons (Fsp3) is 0. The highest BCUT2D eigenvalue weighted by Crippen LogP contribution is 2.30. The number of rotatable bonds is 2. The fourth-order valence-corrected chi connectivity index (χ4v) is 3.90. The van der Waals surface area contributed by atoms with Gasteiger partial charge < -0.3 is 5.73 Å². The maximum absolute atomic E-state index is 12.6. The van der Waals surface area contributed by atoms with E-state index < -0.39 is 27.5 Å². The van der Waals surface area contributed by atoms with Crippen molar-refractivity contribution in [1.29, 1.82) is 0 Å². The lowest BCUT2D eigenvalue weighted by Gasteiger charge is -2.15. The third-order valence-corrected chi connectivity index (χ3v) is 5.25. The van der Waals surface area contributed by atoms with Crippen LogP contribution in [-0.2, 0) is 10.1 Å².